The van der Waals surface area contributed by atoms with Gasteiger partial charge in [0.25, 0.3) is 0 Å². The molecule has 41 heavy (non-hydrogen) atoms. The zero-order valence-electron chi connectivity index (χ0n) is 25.6. The van der Waals surface area contributed by atoms with Crippen molar-refractivity contribution in [3.63, 3.8) is 0 Å². The SMILES string of the molecule is C=Cc1ccc(-c2ccc3c(c2)C(CCCCCC)(CCCCCC)c2cc(-c4ccc(CC)cc4)ccc2-3)cc1. The predicted molar refractivity (Wildman–Crippen MR) is 181 cm³/mol. The summed E-state index contributed by atoms with van der Waals surface area (Å²) in [5.41, 5.74) is 14.0. The summed E-state index contributed by atoms with van der Waals surface area (Å²) >= 11 is 0. The van der Waals surface area contributed by atoms with Crippen LogP contribution in [0.2, 0.25) is 0 Å². The Labute approximate surface area is 249 Å². The Morgan fingerprint density at radius 3 is 1.44 bits per heavy atom. The molecule has 0 nitrogen and oxygen atoms in total. The first-order valence-corrected chi connectivity index (χ1v) is 16.2. The van der Waals surface area contributed by atoms with Gasteiger partial charge in [-0.3, -0.25) is 0 Å². The van der Waals surface area contributed by atoms with Crippen molar-refractivity contribution in [2.24, 2.45) is 0 Å². The van der Waals surface area contributed by atoms with Crippen LogP contribution in [0.1, 0.15) is 107 Å². The fraction of sp³-hybridized carbons (Fsp3) is 0.366. The first kappa shape index (κ1) is 29.1. The number of hydrogen-bond donors (Lipinski definition) is 0. The molecule has 0 aliphatic heterocycles. The molecule has 0 bridgehead atoms. The van der Waals surface area contributed by atoms with E-state index in [1.54, 1.807) is 11.1 Å². The molecule has 0 amide bonds. The lowest BCUT2D eigenvalue weighted by molar-refractivity contribution is 0.401. The summed E-state index contributed by atoms with van der Waals surface area (Å²) in [5, 5.41) is 0. The molecule has 0 atom stereocenters. The standard InChI is InChI=1S/C41H48/c1-5-9-11-13-27-41(28-14-12-10-6-2)39-29-35(33-19-15-31(7-3)16-20-33)23-25-37(39)38-26-24-36(30-40(38)41)34-21-17-32(8-4)18-22-34/h7,15-26,29-30H,3,5-6,8-14,27-28H2,1-2,4H3. The van der Waals surface area contributed by atoms with E-state index < -0.39 is 0 Å². The Morgan fingerprint density at radius 2 is 1.00 bits per heavy atom. The third-order valence-corrected chi connectivity index (χ3v) is 9.45. The second kappa shape index (κ2) is 13.5. The monoisotopic (exact) mass is 540 g/mol. The van der Waals surface area contributed by atoms with Gasteiger partial charge in [-0.25, -0.2) is 0 Å². The summed E-state index contributed by atoms with van der Waals surface area (Å²) in [6, 6.07) is 32.8. The maximum Gasteiger partial charge on any atom is 0.0215 e. The zero-order chi connectivity index (χ0) is 28.7. The minimum Gasteiger partial charge on any atom is -0.0985 e. The van der Waals surface area contributed by atoms with Crippen molar-refractivity contribution in [3.05, 3.63) is 114 Å². The van der Waals surface area contributed by atoms with Crippen LogP contribution in [-0.4, -0.2) is 0 Å². The highest BCUT2D eigenvalue weighted by Gasteiger charge is 2.42. The lowest BCUT2D eigenvalue weighted by atomic mass is 9.70. The quantitative estimate of drug-likeness (QED) is 0.140. The van der Waals surface area contributed by atoms with E-state index >= 15 is 0 Å². The van der Waals surface area contributed by atoms with Gasteiger partial charge < -0.3 is 0 Å². The number of unbranched alkanes of at least 4 members (excludes halogenated alkanes) is 6. The lowest BCUT2D eigenvalue weighted by Gasteiger charge is -2.33. The van der Waals surface area contributed by atoms with Gasteiger partial charge in [0.05, 0.1) is 0 Å². The Morgan fingerprint density at radius 1 is 0.537 bits per heavy atom. The summed E-state index contributed by atoms with van der Waals surface area (Å²) in [6.07, 6.45) is 15.9. The molecule has 1 aliphatic rings. The van der Waals surface area contributed by atoms with Crippen molar-refractivity contribution in [1.82, 2.24) is 0 Å². The van der Waals surface area contributed by atoms with Crippen LogP contribution in [0, 0.1) is 0 Å². The number of aryl methyl sites for hydroxylation is 1. The largest absolute Gasteiger partial charge is 0.0985 e. The van der Waals surface area contributed by atoms with Crippen molar-refractivity contribution >= 4 is 6.08 Å². The molecule has 4 aromatic carbocycles. The van der Waals surface area contributed by atoms with Crippen LogP contribution in [0.4, 0.5) is 0 Å². The van der Waals surface area contributed by atoms with Gasteiger partial charge in [-0.2, -0.15) is 0 Å². The topological polar surface area (TPSA) is 0 Å². The average Bonchev–Trinajstić information content (AvgIpc) is 3.30. The smallest absolute Gasteiger partial charge is 0.0215 e. The molecule has 0 saturated carbocycles. The molecule has 0 heterocycles. The van der Waals surface area contributed by atoms with Crippen molar-refractivity contribution in [1.29, 1.82) is 0 Å². The second-order valence-corrected chi connectivity index (χ2v) is 12.1. The molecule has 0 N–H and O–H groups in total. The van der Waals surface area contributed by atoms with E-state index in [2.05, 4.69) is 112 Å². The summed E-state index contributed by atoms with van der Waals surface area (Å²) in [5.74, 6) is 0. The van der Waals surface area contributed by atoms with Gasteiger partial charge in [-0.15, -0.1) is 0 Å². The zero-order valence-corrected chi connectivity index (χ0v) is 25.6. The summed E-state index contributed by atoms with van der Waals surface area (Å²) in [4.78, 5) is 0. The van der Waals surface area contributed by atoms with Crippen LogP contribution in [0.5, 0.6) is 0 Å². The van der Waals surface area contributed by atoms with Crippen LogP contribution in [-0.2, 0) is 11.8 Å². The highest BCUT2D eigenvalue weighted by atomic mass is 14.5. The van der Waals surface area contributed by atoms with Crippen molar-refractivity contribution in [2.45, 2.75) is 96.8 Å². The molecule has 0 unspecified atom stereocenters. The highest BCUT2D eigenvalue weighted by molar-refractivity contribution is 5.86. The third-order valence-electron chi connectivity index (χ3n) is 9.45. The molecular formula is C41H48. The Hall–Kier alpha value is -3.38. The second-order valence-electron chi connectivity index (χ2n) is 12.1. The van der Waals surface area contributed by atoms with E-state index in [0.717, 1.165) is 6.42 Å². The molecular weight excluding hydrogens is 492 g/mol. The van der Waals surface area contributed by atoms with Gasteiger partial charge in [0.15, 0.2) is 0 Å². The minimum absolute atomic E-state index is 0.0720. The first-order chi connectivity index (χ1) is 20.1. The average molecular weight is 541 g/mol. The van der Waals surface area contributed by atoms with Crippen LogP contribution in [0.15, 0.2) is 91.5 Å². The molecule has 1 aliphatic carbocycles. The molecule has 5 rings (SSSR count). The van der Waals surface area contributed by atoms with E-state index in [1.807, 2.05) is 6.08 Å². The molecule has 0 aromatic heterocycles. The maximum atomic E-state index is 3.94. The van der Waals surface area contributed by atoms with Gasteiger partial charge in [0.1, 0.15) is 0 Å². The van der Waals surface area contributed by atoms with Gasteiger partial charge in [-0.1, -0.05) is 158 Å². The van der Waals surface area contributed by atoms with E-state index in [4.69, 9.17) is 0 Å². The third kappa shape index (κ3) is 6.13. The predicted octanol–water partition coefficient (Wildman–Crippen LogP) is 12.4. The number of hydrogen-bond acceptors (Lipinski definition) is 0. The molecule has 0 fully saturated rings. The van der Waals surface area contributed by atoms with E-state index in [0.29, 0.717) is 0 Å². The fourth-order valence-corrected chi connectivity index (χ4v) is 6.97. The van der Waals surface area contributed by atoms with Crippen molar-refractivity contribution < 1.29 is 0 Å². The van der Waals surface area contributed by atoms with E-state index in [9.17, 15) is 0 Å². The van der Waals surface area contributed by atoms with Crippen molar-refractivity contribution in [2.75, 3.05) is 0 Å². The lowest BCUT2D eigenvalue weighted by Crippen LogP contribution is -2.25. The summed E-state index contributed by atoms with van der Waals surface area (Å²) in [7, 11) is 0. The molecule has 4 aromatic rings. The molecule has 212 valence electrons. The Bertz CT molecular complexity index is 1420. The van der Waals surface area contributed by atoms with E-state index in [1.165, 1.54) is 109 Å². The van der Waals surface area contributed by atoms with Gasteiger partial charge in [0.2, 0.25) is 0 Å². The fourth-order valence-electron chi connectivity index (χ4n) is 6.97. The minimum atomic E-state index is 0.0720. The normalized spacial score (nSPS) is 13.1. The van der Waals surface area contributed by atoms with Gasteiger partial charge >= 0.3 is 0 Å². The number of benzene rings is 4. The molecule has 0 saturated heterocycles. The summed E-state index contributed by atoms with van der Waals surface area (Å²) in [6.45, 7) is 10.8. The van der Waals surface area contributed by atoms with E-state index in [-0.39, 0.29) is 5.41 Å². The summed E-state index contributed by atoms with van der Waals surface area (Å²) < 4.78 is 0. The Kier molecular flexibility index (Phi) is 9.60. The van der Waals surface area contributed by atoms with Gasteiger partial charge in [0, 0.05) is 5.41 Å². The number of rotatable bonds is 14. The van der Waals surface area contributed by atoms with Crippen LogP contribution in [0.25, 0.3) is 39.5 Å². The van der Waals surface area contributed by atoms with Gasteiger partial charge in [-0.05, 0) is 87.0 Å². The molecule has 0 spiro atoms. The Balaban J connectivity index is 1.63. The van der Waals surface area contributed by atoms with Crippen LogP contribution in [0.3, 0.4) is 0 Å². The highest BCUT2D eigenvalue weighted by Crippen LogP contribution is 2.55. The number of fused-ring (bicyclic) bond motifs is 3. The maximum absolute atomic E-state index is 3.94. The van der Waals surface area contributed by atoms with Crippen molar-refractivity contribution in [3.8, 4) is 33.4 Å². The molecule has 0 heteroatoms. The van der Waals surface area contributed by atoms with Crippen LogP contribution >= 0.6 is 0 Å². The first-order valence-electron chi connectivity index (χ1n) is 16.2. The molecule has 0 radical (unpaired) electrons. The van der Waals surface area contributed by atoms with Crippen LogP contribution < -0.4 is 0 Å².